The van der Waals surface area contributed by atoms with Crippen LogP contribution in [0.1, 0.15) is 27.7 Å². The molecule has 0 aromatic heterocycles. The number of amides is 2. The highest BCUT2D eigenvalue weighted by atomic mass is 32.1. The summed E-state index contributed by atoms with van der Waals surface area (Å²) in [6, 6.07) is 4.81. The van der Waals surface area contributed by atoms with Crippen LogP contribution in [0.4, 0.5) is 20.6 Å². The van der Waals surface area contributed by atoms with E-state index in [0.717, 1.165) is 24.5 Å². The maximum absolute atomic E-state index is 15.3. The largest absolute Gasteiger partial charge is 0.442 e. The van der Waals surface area contributed by atoms with Crippen LogP contribution in [0.3, 0.4) is 0 Å². The number of cyclic esters (lactones) is 1. The zero-order valence-electron chi connectivity index (χ0n) is 19.8. The lowest BCUT2D eigenvalue weighted by atomic mass is 10.0. The third kappa shape index (κ3) is 5.80. The zero-order valence-corrected chi connectivity index (χ0v) is 20.6. The molecule has 0 spiro atoms. The van der Waals surface area contributed by atoms with Gasteiger partial charge in [-0.1, -0.05) is 26.1 Å². The lowest BCUT2D eigenvalue weighted by Gasteiger charge is -2.41. The van der Waals surface area contributed by atoms with Crippen molar-refractivity contribution in [3.8, 4) is 0 Å². The molecule has 8 nitrogen and oxygen atoms in total. The Balaban J connectivity index is 1.77. The molecule has 2 aliphatic heterocycles. The van der Waals surface area contributed by atoms with Gasteiger partial charge < -0.3 is 20.3 Å². The van der Waals surface area contributed by atoms with Crippen LogP contribution in [0.2, 0.25) is 0 Å². The maximum Gasteiger partial charge on any atom is 0.414 e. The van der Waals surface area contributed by atoms with Gasteiger partial charge in [-0.05, 0) is 38.2 Å². The number of rotatable bonds is 9. The first-order valence-corrected chi connectivity index (χ1v) is 11.9. The van der Waals surface area contributed by atoms with Gasteiger partial charge in [0.2, 0.25) is 5.91 Å². The third-order valence-electron chi connectivity index (χ3n) is 6.35. The first kappa shape index (κ1) is 25.3. The average Bonchev–Trinajstić information content (AvgIpc) is 3.18. The van der Waals surface area contributed by atoms with Crippen molar-refractivity contribution in [2.24, 2.45) is 0 Å². The molecule has 0 saturated carbocycles. The number of thiocarbonyl (C=S) groups is 1. The fourth-order valence-corrected chi connectivity index (χ4v) is 4.83. The van der Waals surface area contributed by atoms with E-state index in [1.54, 1.807) is 12.1 Å². The predicted octanol–water partition coefficient (Wildman–Crippen LogP) is 2.17. The first-order valence-electron chi connectivity index (χ1n) is 11.5. The standard InChI is InChI=1S/C23H34FN5O3S/c1-5-27(6-2)15(3)22(33)21-13-25-9-10-28(21)20-8-7-17(11-19(20)24)29-14-18(32-23(29)31)12-26-16(4)30/h7-8,11,15,18,21,25H,5-6,9-10,12-14H2,1-4H3,(H,26,30). The van der Waals surface area contributed by atoms with E-state index in [1.165, 1.54) is 17.9 Å². The number of hydrogen-bond acceptors (Lipinski definition) is 7. The Kier molecular flexibility index (Phi) is 8.61. The first-order chi connectivity index (χ1) is 15.8. The number of anilines is 2. The molecule has 0 bridgehead atoms. The van der Waals surface area contributed by atoms with Crippen LogP contribution in [-0.4, -0.2) is 85.8 Å². The summed E-state index contributed by atoms with van der Waals surface area (Å²) >= 11 is 5.87. The van der Waals surface area contributed by atoms with Gasteiger partial charge in [0.1, 0.15) is 11.9 Å². The minimum atomic E-state index is -0.549. The van der Waals surface area contributed by atoms with Crippen LogP contribution >= 0.6 is 12.2 Å². The van der Waals surface area contributed by atoms with Crippen molar-refractivity contribution in [3.05, 3.63) is 24.0 Å². The molecule has 0 aliphatic carbocycles. The molecule has 2 N–H and O–H groups in total. The summed E-state index contributed by atoms with van der Waals surface area (Å²) in [5.74, 6) is -0.602. The minimum Gasteiger partial charge on any atom is -0.442 e. The molecule has 2 fully saturated rings. The van der Waals surface area contributed by atoms with Gasteiger partial charge in [0.25, 0.3) is 0 Å². The van der Waals surface area contributed by atoms with Gasteiger partial charge in [-0.3, -0.25) is 14.6 Å². The number of carbonyl (C=O) groups is 2. The fraction of sp³-hybridized carbons (Fsp3) is 0.609. The Hall–Kier alpha value is -2.30. The molecule has 2 heterocycles. The minimum absolute atomic E-state index is 0.102. The Morgan fingerprint density at radius 2 is 2.12 bits per heavy atom. The number of nitrogens with one attached hydrogen (secondary N) is 2. The van der Waals surface area contributed by atoms with Crippen molar-refractivity contribution >= 4 is 40.5 Å². The molecule has 1 aromatic carbocycles. The van der Waals surface area contributed by atoms with E-state index in [9.17, 15) is 9.59 Å². The van der Waals surface area contributed by atoms with Crippen LogP contribution in [0.5, 0.6) is 0 Å². The lowest BCUT2D eigenvalue weighted by molar-refractivity contribution is -0.119. The number of nitrogens with zero attached hydrogens (tertiary/aromatic N) is 3. The van der Waals surface area contributed by atoms with Gasteiger partial charge in [-0.2, -0.15) is 0 Å². The monoisotopic (exact) mass is 479 g/mol. The second-order valence-corrected chi connectivity index (χ2v) is 8.87. The Labute approximate surface area is 200 Å². The van der Waals surface area contributed by atoms with Crippen molar-refractivity contribution < 1.29 is 18.7 Å². The van der Waals surface area contributed by atoms with E-state index in [1.807, 2.05) is 4.90 Å². The van der Waals surface area contributed by atoms with Gasteiger partial charge in [0.15, 0.2) is 0 Å². The molecule has 0 radical (unpaired) electrons. The zero-order chi connectivity index (χ0) is 24.1. The van der Waals surface area contributed by atoms with Gasteiger partial charge in [0, 0.05) is 37.5 Å². The number of halogens is 1. The van der Waals surface area contributed by atoms with E-state index in [0.29, 0.717) is 24.5 Å². The molecule has 2 aliphatic rings. The summed E-state index contributed by atoms with van der Waals surface area (Å²) in [5, 5.41) is 6.02. The number of carbonyl (C=O) groups excluding carboxylic acids is 2. The Bertz CT molecular complexity index is 882. The molecule has 10 heteroatoms. The van der Waals surface area contributed by atoms with Crippen LogP contribution in [-0.2, 0) is 9.53 Å². The summed E-state index contributed by atoms with van der Waals surface area (Å²) in [5.41, 5.74) is 0.902. The van der Waals surface area contributed by atoms with E-state index in [4.69, 9.17) is 17.0 Å². The highest BCUT2D eigenvalue weighted by molar-refractivity contribution is 7.80. The van der Waals surface area contributed by atoms with Gasteiger partial charge in [-0.25, -0.2) is 9.18 Å². The smallest absolute Gasteiger partial charge is 0.414 e. The molecule has 2 saturated heterocycles. The van der Waals surface area contributed by atoms with Crippen molar-refractivity contribution in [2.45, 2.75) is 45.9 Å². The average molecular weight is 480 g/mol. The quantitative estimate of drug-likeness (QED) is 0.526. The summed E-state index contributed by atoms with van der Waals surface area (Å²) in [6.45, 7) is 12.0. The highest BCUT2D eigenvalue weighted by Gasteiger charge is 2.34. The lowest BCUT2D eigenvalue weighted by Crippen LogP contribution is -2.58. The summed E-state index contributed by atoms with van der Waals surface area (Å²) in [7, 11) is 0. The second kappa shape index (κ2) is 11.2. The number of benzene rings is 1. The van der Waals surface area contributed by atoms with E-state index >= 15 is 4.39 Å². The molecule has 2 amide bonds. The van der Waals surface area contributed by atoms with Crippen molar-refractivity contribution in [1.29, 1.82) is 0 Å². The van der Waals surface area contributed by atoms with Crippen molar-refractivity contribution in [2.75, 3.05) is 55.6 Å². The van der Waals surface area contributed by atoms with E-state index in [2.05, 4.69) is 36.3 Å². The summed E-state index contributed by atoms with van der Waals surface area (Å²) in [4.78, 5) is 30.0. The summed E-state index contributed by atoms with van der Waals surface area (Å²) in [6.07, 6.45) is -1.02. The van der Waals surface area contributed by atoms with Crippen LogP contribution in [0.15, 0.2) is 18.2 Å². The number of ether oxygens (including phenoxy) is 1. The molecule has 3 unspecified atom stereocenters. The third-order valence-corrected chi connectivity index (χ3v) is 6.96. The predicted molar refractivity (Wildman–Crippen MR) is 132 cm³/mol. The van der Waals surface area contributed by atoms with Crippen LogP contribution in [0.25, 0.3) is 0 Å². The maximum atomic E-state index is 15.3. The normalized spacial score (nSPS) is 21.8. The van der Waals surface area contributed by atoms with Crippen molar-refractivity contribution in [3.63, 3.8) is 0 Å². The molecule has 3 rings (SSSR count). The fourth-order valence-electron chi connectivity index (χ4n) is 4.47. The topological polar surface area (TPSA) is 77.2 Å². The number of piperazine rings is 1. The van der Waals surface area contributed by atoms with Crippen molar-refractivity contribution in [1.82, 2.24) is 15.5 Å². The van der Waals surface area contributed by atoms with Gasteiger partial charge >= 0.3 is 6.09 Å². The molecule has 33 heavy (non-hydrogen) atoms. The van der Waals surface area contributed by atoms with E-state index < -0.39 is 18.0 Å². The SMILES string of the molecule is CCN(CC)C(C)C(=S)C1CNCCN1c1ccc(N2CC(CNC(C)=O)OC2=O)cc1F. The highest BCUT2D eigenvalue weighted by Crippen LogP contribution is 2.30. The molecule has 182 valence electrons. The molecular formula is C23H34FN5O3S. The molecule has 3 atom stereocenters. The van der Waals surface area contributed by atoms with Gasteiger partial charge in [0.05, 0.1) is 30.5 Å². The van der Waals surface area contributed by atoms with Gasteiger partial charge in [-0.15, -0.1) is 0 Å². The van der Waals surface area contributed by atoms with Crippen LogP contribution in [0, 0.1) is 5.82 Å². The van der Waals surface area contributed by atoms with E-state index in [-0.39, 0.29) is 31.1 Å². The Morgan fingerprint density at radius 3 is 2.76 bits per heavy atom. The Morgan fingerprint density at radius 1 is 1.39 bits per heavy atom. The molecule has 1 aromatic rings. The second-order valence-electron chi connectivity index (χ2n) is 8.40. The van der Waals surface area contributed by atoms with Crippen LogP contribution < -0.4 is 20.4 Å². The molecular weight excluding hydrogens is 445 g/mol. The summed E-state index contributed by atoms with van der Waals surface area (Å²) < 4.78 is 20.6. The number of hydrogen-bond donors (Lipinski definition) is 2.